The van der Waals surface area contributed by atoms with Crippen molar-refractivity contribution >= 4 is 43.1 Å². The van der Waals surface area contributed by atoms with Crippen molar-refractivity contribution in [1.82, 2.24) is 4.31 Å². The number of Topliss-reactive ketones (excluding diaryl/α,β-unsaturated/α-hetero) is 1. The van der Waals surface area contributed by atoms with Crippen LogP contribution in [0.15, 0.2) is 20.1 Å². The molecule has 1 aromatic heterocycles. The van der Waals surface area contributed by atoms with E-state index >= 15 is 0 Å². The molecule has 94 valence electrons. The van der Waals surface area contributed by atoms with Crippen molar-refractivity contribution in [3.05, 3.63) is 15.9 Å². The minimum absolute atomic E-state index is 0.0308. The van der Waals surface area contributed by atoms with Crippen LogP contribution in [-0.2, 0) is 14.8 Å². The fraction of sp³-hybridized carbons (Fsp3) is 0.500. The standard InChI is InChI=1S/C10H12BrNO3S2/c1-10(2)7(13)5-6-12(10)17(14,15)9-4-3-8(11)16-9/h3-4H,5-6H2,1-2H3. The summed E-state index contributed by atoms with van der Waals surface area (Å²) in [5.41, 5.74) is -0.935. The summed E-state index contributed by atoms with van der Waals surface area (Å²) < 4.78 is 27.1. The third-order valence-electron chi connectivity index (χ3n) is 2.94. The molecule has 7 heteroatoms. The van der Waals surface area contributed by atoms with Crippen LogP contribution in [0.2, 0.25) is 0 Å². The minimum Gasteiger partial charge on any atom is -0.298 e. The summed E-state index contributed by atoms with van der Waals surface area (Å²) in [5.74, 6) is -0.0308. The smallest absolute Gasteiger partial charge is 0.253 e. The third kappa shape index (κ3) is 2.09. The van der Waals surface area contributed by atoms with Crippen LogP contribution in [0.1, 0.15) is 20.3 Å². The largest absolute Gasteiger partial charge is 0.298 e. The van der Waals surface area contributed by atoms with Gasteiger partial charge in [0.1, 0.15) is 4.21 Å². The fourth-order valence-electron chi connectivity index (χ4n) is 1.89. The van der Waals surface area contributed by atoms with Gasteiger partial charge in [-0.15, -0.1) is 11.3 Å². The fourth-order valence-corrected chi connectivity index (χ4v) is 5.79. The van der Waals surface area contributed by atoms with Crippen molar-refractivity contribution in [2.45, 2.75) is 30.0 Å². The Hall–Kier alpha value is -0.240. The van der Waals surface area contributed by atoms with E-state index in [-0.39, 0.29) is 16.5 Å². The van der Waals surface area contributed by atoms with Gasteiger partial charge in [-0.05, 0) is 41.9 Å². The Morgan fingerprint density at radius 3 is 2.47 bits per heavy atom. The maximum absolute atomic E-state index is 12.4. The summed E-state index contributed by atoms with van der Waals surface area (Å²) in [4.78, 5) is 11.7. The van der Waals surface area contributed by atoms with Crippen LogP contribution in [0.5, 0.6) is 0 Å². The van der Waals surface area contributed by atoms with E-state index in [9.17, 15) is 13.2 Å². The van der Waals surface area contributed by atoms with Crippen LogP contribution < -0.4 is 0 Å². The number of ketones is 1. The van der Waals surface area contributed by atoms with Gasteiger partial charge in [0, 0.05) is 13.0 Å². The zero-order valence-corrected chi connectivity index (χ0v) is 12.7. The molecular formula is C10H12BrNO3S2. The lowest BCUT2D eigenvalue weighted by Gasteiger charge is -2.28. The summed E-state index contributed by atoms with van der Waals surface area (Å²) in [6.07, 6.45) is 0.290. The quantitative estimate of drug-likeness (QED) is 0.831. The molecule has 17 heavy (non-hydrogen) atoms. The van der Waals surface area contributed by atoms with E-state index in [0.717, 1.165) is 15.1 Å². The van der Waals surface area contributed by atoms with Crippen LogP contribution in [0.3, 0.4) is 0 Å². The first-order chi connectivity index (χ1) is 7.76. The van der Waals surface area contributed by atoms with E-state index < -0.39 is 15.6 Å². The van der Waals surface area contributed by atoms with Crippen LogP contribution in [0, 0.1) is 0 Å². The molecule has 2 rings (SSSR count). The second-order valence-corrected chi connectivity index (χ2v) is 8.92. The highest BCUT2D eigenvalue weighted by atomic mass is 79.9. The first-order valence-corrected chi connectivity index (χ1v) is 8.13. The Bertz CT molecular complexity index is 562. The van der Waals surface area contributed by atoms with Gasteiger partial charge < -0.3 is 0 Å². The molecule has 1 aliphatic rings. The molecule has 1 saturated heterocycles. The Balaban J connectivity index is 2.44. The summed E-state index contributed by atoms with van der Waals surface area (Å²) in [7, 11) is -3.56. The lowest BCUT2D eigenvalue weighted by atomic mass is 10.0. The van der Waals surface area contributed by atoms with E-state index in [0.29, 0.717) is 6.42 Å². The van der Waals surface area contributed by atoms with E-state index in [1.54, 1.807) is 26.0 Å². The van der Waals surface area contributed by atoms with Crippen LogP contribution >= 0.6 is 27.3 Å². The van der Waals surface area contributed by atoms with Gasteiger partial charge in [-0.3, -0.25) is 4.79 Å². The summed E-state index contributed by atoms with van der Waals surface area (Å²) in [6.45, 7) is 3.58. The van der Waals surface area contributed by atoms with Gasteiger partial charge in [-0.2, -0.15) is 4.31 Å². The van der Waals surface area contributed by atoms with Crippen LogP contribution in [-0.4, -0.2) is 30.6 Å². The lowest BCUT2D eigenvalue weighted by Crippen LogP contribution is -2.45. The zero-order valence-electron chi connectivity index (χ0n) is 9.44. The van der Waals surface area contributed by atoms with Gasteiger partial charge in [0.05, 0.1) is 9.33 Å². The van der Waals surface area contributed by atoms with Crippen LogP contribution in [0.4, 0.5) is 0 Å². The van der Waals surface area contributed by atoms with Crippen molar-refractivity contribution in [2.75, 3.05) is 6.54 Å². The summed E-state index contributed by atoms with van der Waals surface area (Å²) in [6, 6.07) is 3.26. The Morgan fingerprint density at radius 2 is 2.06 bits per heavy atom. The van der Waals surface area contributed by atoms with Gasteiger partial charge in [-0.25, -0.2) is 8.42 Å². The SMILES string of the molecule is CC1(C)C(=O)CCN1S(=O)(=O)c1ccc(Br)s1. The Kier molecular flexibility index (Phi) is 3.22. The average Bonchev–Trinajstić information content (AvgIpc) is 2.73. The second kappa shape index (κ2) is 4.15. The number of halogens is 1. The molecule has 0 aliphatic carbocycles. The molecule has 1 aromatic rings. The molecular weight excluding hydrogens is 326 g/mol. The monoisotopic (exact) mass is 337 g/mol. The van der Waals surface area contributed by atoms with Gasteiger partial charge >= 0.3 is 0 Å². The molecule has 0 bridgehead atoms. The second-order valence-electron chi connectivity index (χ2n) is 4.37. The first kappa shape index (κ1) is 13.2. The number of hydrogen-bond donors (Lipinski definition) is 0. The van der Waals surface area contributed by atoms with Gasteiger partial charge in [0.2, 0.25) is 0 Å². The van der Waals surface area contributed by atoms with Gasteiger partial charge in [0.25, 0.3) is 10.0 Å². The molecule has 0 amide bonds. The molecule has 1 fully saturated rings. The number of hydrogen-bond acceptors (Lipinski definition) is 4. The van der Waals surface area contributed by atoms with Crippen molar-refractivity contribution < 1.29 is 13.2 Å². The van der Waals surface area contributed by atoms with Crippen molar-refractivity contribution in [3.8, 4) is 0 Å². The molecule has 0 aromatic carbocycles. The lowest BCUT2D eigenvalue weighted by molar-refractivity contribution is -0.122. The van der Waals surface area contributed by atoms with Gasteiger partial charge in [0.15, 0.2) is 5.78 Å². The number of rotatable bonds is 2. The summed E-state index contributed by atoms with van der Waals surface area (Å²) >= 11 is 4.40. The zero-order chi connectivity index (χ0) is 12.8. The number of carbonyl (C=O) groups is 1. The molecule has 2 heterocycles. The number of thiophene rings is 1. The molecule has 0 saturated carbocycles. The first-order valence-electron chi connectivity index (χ1n) is 5.08. The molecule has 0 N–H and O–H groups in total. The Labute approximate surface area is 113 Å². The van der Waals surface area contributed by atoms with Crippen molar-refractivity contribution in [3.63, 3.8) is 0 Å². The predicted octanol–water partition coefficient (Wildman–Crippen LogP) is 2.25. The topological polar surface area (TPSA) is 54.5 Å². The molecule has 0 atom stereocenters. The average molecular weight is 338 g/mol. The molecule has 1 aliphatic heterocycles. The third-order valence-corrected chi connectivity index (χ3v) is 7.10. The number of nitrogens with zero attached hydrogens (tertiary/aromatic N) is 1. The van der Waals surface area contributed by atoms with Crippen LogP contribution in [0.25, 0.3) is 0 Å². The highest BCUT2D eigenvalue weighted by Crippen LogP contribution is 2.35. The van der Waals surface area contributed by atoms with E-state index in [2.05, 4.69) is 15.9 Å². The van der Waals surface area contributed by atoms with E-state index in [1.807, 2.05) is 0 Å². The van der Waals surface area contributed by atoms with Gasteiger partial charge in [-0.1, -0.05) is 0 Å². The maximum Gasteiger partial charge on any atom is 0.253 e. The predicted molar refractivity (Wildman–Crippen MR) is 69.6 cm³/mol. The summed E-state index contributed by atoms with van der Waals surface area (Å²) in [5, 5.41) is 0. The highest BCUT2D eigenvalue weighted by Gasteiger charge is 2.47. The molecule has 4 nitrogen and oxygen atoms in total. The maximum atomic E-state index is 12.4. The van der Waals surface area contributed by atoms with E-state index in [4.69, 9.17) is 0 Å². The number of sulfonamides is 1. The number of carbonyl (C=O) groups excluding carboxylic acids is 1. The van der Waals surface area contributed by atoms with Crippen molar-refractivity contribution in [1.29, 1.82) is 0 Å². The minimum atomic E-state index is -3.56. The Morgan fingerprint density at radius 1 is 1.41 bits per heavy atom. The van der Waals surface area contributed by atoms with E-state index in [1.165, 1.54) is 4.31 Å². The highest BCUT2D eigenvalue weighted by molar-refractivity contribution is 9.11. The molecule has 0 radical (unpaired) electrons. The van der Waals surface area contributed by atoms with Crippen molar-refractivity contribution in [2.24, 2.45) is 0 Å². The normalized spacial score (nSPS) is 21.0. The molecule has 0 unspecified atom stereocenters. The molecule has 0 spiro atoms.